The van der Waals surface area contributed by atoms with Crippen LogP contribution in [0.2, 0.25) is 0 Å². The van der Waals surface area contributed by atoms with Gasteiger partial charge in [0.2, 0.25) is 0 Å². The van der Waals surface area contributed by atoms with Crippen molar-refractivity contribution >= 4 is 22.7 Å². The van der Waals surface area contributed by atoms with Gasteiger partial charge in [0.1, 0.15) is 5.66 Å². The molecule has 2 aromatic rings. The summed E-state index contributed by atoms with van der Waals surface area (Å²) in [4.78, 5) is 4.50. The number of nitrogens with one attached hydrogen (secondary N) is 1. The number of nitrogens with zero attached hydrogens (tertiary/aromatic N) is 1. The van der Waals surface area contributed by atoms with Gasteiger partial charge in [0.25, 0.3) is 0 Å². The van der Waals surface area contributed by atoms with Crippen LogP contribution in [0, 0.1) is 0 Å². The van der Waals surface area contributed by atoms with Crippen molar-refractivity contribution in [1.82, 2.24) is 4.98 Å². The number of fused-ring (bicyclic) bond motifs is 3. The van der Waals surface area contributed by atoms with Gasteiger partial charge in [0, 0.05) is 11.6 Å². The molecule has 0 amide bonds. The second-order valence-corrected chi connectivity index (χ2v) is 5.56. The van der Waals surface area contributed by atoms with E-state index in [1.165, 1.54) is 12.8 Å². The van der Waals surface area contributed by atoms with Gasteiger partial charge in [-0.3, -0.25) is 4.98 Å². The molecule has 0 aliphatic carbocycles. The van der Waals surface area contributed by atoms with E-state index in [1.54, 1.807) is 0 Å². The van der Waals surface area contributed by atoms with Crippen molar-refractivity contribution in [3.63, 3.8) is 0 Å². The van der Waals surface area contributed by atoms with E-state index in [0.717, 1.165) is 35.0 Å². The molecule has 1 aromatic carbocycles. The average Bonchev–Trinajstić information content (AvgIpc) is 2.47. The third-order valence-corrected chi connectivity index (χ3v) is 3.92. The fourth-order valence-electron chi connectivity index (χ4n) is 2.76. The van der Waals surface area contributed by atoms with Crippen LogP contribution in [-0.2, 0) is 0 Å². The van der Waals surface area contributed by atoms with Crippen LogP contribution < -0.4 is 11.1 Å². The van der Waals surface area contributed by atoms with E-state index in [-0.39, 0.29) is 0 Å². The molecule has 3 nitrogen and oxygen atoms in total. The number of benzene rings is 1. The molecule has 0 saturated heterocycles. The van der Waals surface area contributed by atoms with Gasteiger partial charge in [-0.05, 0) is 30.5 Å². The van der Waals surface area contributed by atoms with Gasteiger partial charge in [-0.15, -0.1) is 0 Å². The van der Waals surface area contributed by atoms with Gasteiger partial charge in [-0.25, -0.2) is 0 Å². The van der Waals surface area contributed by atoms with E-state index < -0.39 is 5.66 Å². The van der Waals surface area contributed by atoms with Crippen LogP contribution in [-0.4, -0.2) is 10.6 Å². The highest BCUT2D eigenvalue weighted by molar-refractivity contribution is 5.96. The van der Waals surface area contributed by atoms with Crippen LogP contribution in [0.15, 0.2) is 36.5 Å². The number of nitrogens with two attached hydrogens (primary N) is 1. The molecule has 0 bridgehead atoms. The van der Waals surface area contributed by atoms with Crippen molar-refractivity contribution < 1.29 is 0 Å². The zero-order valence-electron chi connectivity index (χ0n) is 11.9. The minimum atomic E-state index is -0.450. The lowest BCUT2D eigenvalue weighted by Gasteiger charge is -2.33. The highest BCUT2D eigenvalue weighted by atomic mass is 15.1. The quantitative estimate of drug-likeness (QED) is 0.826. The van der Waals surface area contributed by atoms with Gasteiger partial charge >= 0.3 is 0 Å². The minimum absolute atomic E-state index is 0.450. The summed E-state index contributed by atoms with van der Waals surface area (Å²) in [5, 5.41) is 4.65. The smallest absolute Gasteiger partial charge is 0.105 e. The number of hydrogen-bond acceptors (Lipinski definition) is 3. The molecule has 2 heterocycles. The lowest BCUT2D eigenvalue weighted by Crippen LogP contribution is -2.47. The molecule has 0 spiro atoms. The molecule has 1 aliphatic heterocycles. The Bertz CT molecular complexity index is 648. The molecular formula is C17H21N3. The number of aromatic nitrogens is 1. The summed E-state index contributed by atoms with van der Waals surface area (Å²) >= 11 is 0. The van der Waals surface area contributed by atoms with Crippen LogP contribution in [0.4, 0.5) is 5.69 Å². The summed E-state index contributed by atoms with van der Waals surface area (Å²) in [6.45, 7) is 2.21. The SMILES string of the molecule is CCCCCC1(N)C=Cc2ccc3cccnc3c2N1. The Morgan fingerprint density at radius 1 is 1.25 bits per heavy atom. The molecular weight excluding hydrogens is 246 g/mol. The maximum atomic E-state index is 6.48. The predicted molar refractivity (Wildman–Crippen MR) is 85.5 cm³/mol. The van der Waals surface area contributed by atoms with Crippen LogP contribution in [0.5, 0.6) is 0 Å². The standard InChI is InChI=1S/C17H21N3/c1-2-3-4-10-17(18)11-9-14-8-7-13-6-5-12-19-15(13)16(14)20-17/h5-9,11-12,20H,2-4,10,18H2,1H3. The second-order valence-electron chi connectivity index (χ2n) is 5.56. The molecule has 3 N–H and O–H groups in total. The molecule has 3 heteroatoms. The lowest BCUT2D eigenvalue weighted by atomic mass is 9.95. The van der Waals surface area contributed by atoms with Crippen LogP contribution in [0.1, 0.15) is 38.2 Å². The molecule has 0 saturated carbocycles. The summed E-state index contributed by atoms with van der Waals surface area (Å²) in [6, 6.07) is 8.27. The number of unbranched alkanes of at least 4 members (excludes halogenated alkanes) is 2. The number of hydrogen-bond donors (Lipinski definition) is 2. The number of pyridine rings is 1. The van der Waals surface area contributed by atoms with E-state index in [4.69, 9.17) is 5.73 Å². The molecule has 1 aliphatic rings. The minimum Gasteiger partial charge on any atom is -0.362 e. The van der Waals surface area contributed by atoms with Crippen molar-refractivity contribution in [2.45, 2.75) is 38.3 Å². The normalized spacial score (nSPS) is 20.7. The zero-order valence-corrected chi connectivity index (χ0v) is 11.9. The third kappa shape index (κ3) is 2.41. The average molecular weight is 267 g/mol. The fourth-order valence-corrected chi connectivity index (χ4v) is 2.76. The monoisotopic (exact) mass is 267 g/mol. The Morgan fingerprint density at radius 2 is 2.15 bits per heavy atom. The summed E-state index contributed by atoms with van der Waals surface area (Å²) in [5.74, 6) is 0. The molecule has 1 atom stereocenters. The summed E-state index contributed by atoms with van der Waals surface area (Å²) in [6.07, 6.45) is 10.5. The molecule has 3 rings (SSSR count). The molecule has 0 radical (unpaired) electrons. The van der Waals surface area contributed by atoms with Gasteiger partial charge in [-0.1, -0.05) is 44.0 Å². The van der Waals surface area contributed by atoms with E-state index >= 15 is 0 Å². The first-order valence-corrected chi connectivity index (χ1v) is 7.36. The van der Waals surface area contributed by atoms with Gasteiger partial charge in [-0.2, -0.15) is 0 Å². The fraction of sp³-hybridized carbons (Fsp3) is 0.353. The van der Waals surface area contributed by atoms with E-state index in [0.29, 0.717) is 0 Å². The Hall–Kier alpha value is -1.87. The van der Waals surface area contributed by atoms with E-state index in [2.05, 4.69) is 47.6 Å². The number of rotatable bonds is 4. The highest BCUT2D eigenvalue weighted by Crippen LogP contribution is 2.33. The van der Waals surface area contributed by atoms with Crippen molar-refractivity contribution in [2.24, 2.45) is 5.73 Å². The summed E-state index contributed by atoms with van der Waals surface area (Å²) < 4.78 is 0. The van der Waals surface area contributed by atoms with Crippen LogP contribution >= 0.6 is 0 Å². The summed E-state index contributed by atoms with van der Waals surface area (Å²) in [5.41, 5.74) is 9.25. The van der Waals surface area contributed by atoms with Crippen molar-refractivity contribution in [3.8, 4) is 0 Å². The Morgan fingerprint density at radius 3 is 3.00 bits per heavy atom. The van der Waals surface area contributed by atoms with Crippen molar-refractivity contribution in [3.05, 3.63) is 42.1 Å². The molecule has 20 heavy (non-hydrogen) atoms. The zero-order chi connectivity index (χ0) is 14.0. The van der Waals surface area contributed by atoms with Crippen molar-refractivity contribution in [2.75, 3.05) is 5.32 Å². The largest absolute Gasteiger partial charge is 0.362 e. The molecule has 0 fully saturated rings. The predicted octanol–water partition coefficient (Wildman–Crippen LogP) is 3.91. The van der Waals surface area contributed by atoms with Gasteiger partial charge in [0.05, 0.1) is 11.2 Å². The van der Waals surface area contributed by atoms with Crippen LogP contribution in [0.3, 0.4) is 0 Å². The molecule has 1 unspecified atom stereocenters. The maximum absolute atomic E-state index is 6.48. The first-order valence-electron chi connectivity index (χ1n) is 7.36. The Kier molecular flexibility index (Phi) is 3.45. The Labute approximate surface area is 119 Å². The van der Waals surface area contributed by atoms with Crippen molar-refractivity contribution in [1.29, 1.82) is 0 Å². The molecule has 104 valence electrons. The van der Waals surface area contributed by atoms with Gasteiger partial charge < -0.3 is 11.1 Å². The first-order chi connectivity index (χ1) is 9.72. The van der Waals surface area contributed by atoms with E-state index in [1.807, 2.05) is 12.3 Å². The maximum Gasteiger partial charge on any atom is 0.105 e. The first kappa shape index (κ1) is 13.1. The number of anilines is 1. The van der Waals surface area contributed by atoms with E-state index in [9.17, 15) is 0 Å². The van der Waals surface area contributed by atoms with Crippen LogP contribution in [0.25, 0.3) is 17.0 Å². The lowest BCUT2D eigenvalue weighted by molar-refractivity contribution is 0.507. The molecule has 1 aromatic heterocycles. The topological polar surface area (TPSA) is 50.9 Å². The summed E-state index contributed by atoms with van der Waals surface area (Å²) in [7, 11) is 0. The highest BCUT2D eigenvalue weighted by Gasteiger charge is 2.26. The third-order valence-electron chi connectivity index (χ3n) is 3.92. The van der Waals surface area contributed by atoms with Gasteiger partial charge in [0.15, 0.2) is 0 Å². The second kappa shape index (κ2) is 5.25. The Balaban J connectivity index is 1.95.